The number of hydrogen-bond acceptors (Lipinski definition) is 5. The van der Waals surface area contributed by atoms with Gasteiger partial charge in [0, 0.05) is 10.3 Å². The molecule has 0 aliphatic carbocycles. The van der Waals surface area contributed by atoms with E-state index in [1.807, 2.05) is 12.3 Å². The van der Waals surface area contributed by atoms with Crippen molar-refractivity contribution in [1.82, 2.24) is 9.97 Å². The molecule has 0 amide bonds. The maximum atomic E-state index is 10.6. The van der Waals surface area contributed by atoms with Crippen LogP contribution in [-0.2, 0) is 11.2 Å². The van der Waals surface area contributed by atoms with Crippen LogP contribution in [0.2, 0.25) is 0 Å². The first-order valence-electron chi connectivity index (χ1n) is 4.23. The number of aromatic nitrogens is 2. The van der Waals surface area contributed by atoms with Crippen LogP contribution >= 0.6 is 22.7 Å². The predicted molar refractivity (Wildman–Crippen MR) is 59.3 cm³/mol. The number of hydrogen-bond donors (Lipinski definition) is 1. The average molecular weight is 240 g/mol. The molecule has 0 aliphatic rings. The molecule has 0 aromatic carbocycles. The molecule has 0 spiro atoms. The molecule has 15 heavy (non-hydrogen) atoms. The summed E-state index contributed by atoms with van der Waals surface area (Å²) in [5.74, 6) is -0.853. The van der Waals surface area contributed by atoms with E-state index in [-0.39, 0.29) is 6.42 Å². The summed E-state index contributed by atoms with van der Waals surface area (Å²) in [5.41, 5.74) is 3.20. The van der Waals surface area contributed by atoms with Gasteiger partial charge in [0.05, 0.1) is 17.6 Å². The van der Waals surface area contributed by atoms with E-state index in [2.05, 4.69) is 9.97 Å². The predicted octanol–water partition coefficient (Wildman–Crippen LogP) is 2.20. The molecular weight excluding hydrogens is 232 g/mol. The van der Waals surface area contributed by atoms with E-state index in [9.17, 15) is 4.79 Å². The minimum absolute atomic E-state index is 0.0214. The van der Waals surface area contributed by atoms with Crippen LogP contribution < -0.4 is 0 Å². The minimum atomic E-state index is -0.853. The van der Waals surface area contributed by atoms with Crippen LogP contribution in [0.25, 0.3) is 10.7 Å². The van der Waals surface area contributed by atoms with E-state index < -0.39 is 5.97 Å². The Labute approximate surface area is 94.3 Å². The number of rotatable bonds is 3. The second-order valence-electron chi connectivity index (χ2n) is 2.97. The molecular formula is C9H8N2O2S2. The number of thiazole rings is 2. The second-order valence-corrected chi connectivity index (χ2v) is 4.89. The van der Waals surface area contributed by atoms with Gasteiger partial charge in [0.2, 0.25) is 0 Å². The highest BCUT2D eigenvalue weighted by atomic mass is 32.1. The topological polar surface area (TPSA) is 63.1 Å². The van der Waals surface area contributed by atoms with Crippen molar-refractivity contribution in [3.8, 4) is 10.7 Å². The molecule has 0 bridgehead atoms. The van der Waals surface area contributed by atoms with Gasteiger partial charge in [-0.05, 0) is 6.92 Å². The first-order chi connectivity index (χ1) is 7.16. The van der Waals surface area contributed by atoms with E-state index in [0.29, 0.717) is 5.69 Å². The van der Waals surface area contributed by atoms with Crippen molar-refractivity contribution in [3.05, 3.63) is 21.5 Å². The van der Waals surface area contributed by atoms with E-state index >= 15 is 0 Å². The fourth-order valence-electron chi connectivity index (χ4n) is 1.16. The molecule has 0 radical (unpaired) electrons. The van der Waals surface area contributed by atoms with Gasteiger partial charge in [0.1, 0.15) is 10.7 Å². The van der Waals surface area contributed by atoms with E-state index in [4.69, 9.17) is 5.11 Å². The van der Waals surface area contributed by atoms with Gasteiger partial charge < -0.3 is 5.11 Å². The van der Waals surface area contributed by atoms with Gasteiger partial charge in [-0.1, -0.05) is 0 Å². The summed E-state index contributed by atoms with van der Waals surface area (Å²) in [6.45, 7) is 1.88. The van der Waals surface area contributed by atoms with E-state index in [0.717, 1.165) is 15.6 Å². The van der Waals surface area contributed by atoms with Gasteiger partial charge in [-0.15, -0.1) is 22.7 Å². The molecule has 0 saturated heterocycles. The van der Waals surface area contributed by atoms with Crippen LogP contribution in [0.15, 0.2) is 10.9 Å². The number of aryl methyl sites for hydroxylation is 1. The maximum absolute atomic E-state index is 10.6. The SMILES string of the molecule is Cc1sc(-c2cscn2)nc1CC(=O)O. The lowest BCUT2D eigenvalue weighted by Crippen LogP contribution is -2.01. The highest BCUT2D eigenvalue weighted by Gasteiger charge is 2.12. The van der Waals surface area contributed by atoms with Crippen molar-refractivity contribution >= 4 is 28.6 Å². The molecule has 78 valence electrons. The molecule has 2 rings (SSSR count). The molecule has 1 N–H and O–H groups in total. The second kappa shape index (κ2) is 4.08. The summed E-state index contributed by atoms with van der Waals surface area (Å²) < 4.78 is 0. The standard InChI is InChI=1S/C9H8N2O2S2/c1-5-6(2-8(12)13)11-9(15-5)7-3-14-4-10-7/h3-4H,2H2,1H3,(H,12,13). The van der Waals surface area contributed by atoms with Crippen molar-refractivity contribution in [2.24, 2.45) is 0 Å². The zero-order chi connectivity index (χ0) is 10.8. The quantitative estimate of drug-likeness (QED) is 0.893. The Morgan fingerprint density at radius 2 is 2.40 bits per heavy atom. The summed E-state index contributed by atoms with van der Waals surface area (Å²) in [7, 11) is 0. The first-order valence-corrected chi connectivity index (χ1v) is 5.99. The van der Waals surface area contributed by atoms with Gasteiger partial charge in [0.15, 0.2) is 0 Å². The highest BCUT2D eigenvalue weighted by molar-refractivity contribution is 7.15. The Morgan fingerprint density at radius 1 is 1.60 bits per heavy atom. The lowest BCUT2D eigenvalue weighted by molar-refractivity contribution is -0.136. The van der Waals surface area contributed by atoms with Gasteiger partial charge in [-0.25, -0.2) is 9.97 Å². The van der Waals surface area contributed by atoms with Gasteiger partial charge in [0.25, 0.3) is 0 Å². The lowest BCUT2D eigenvalue weighted by atomic mass is 10.3. The fourth-order valence-corrected chi connectivity index (χ4v) is 2.67. The molecule has 0 atom stereocenters. The monoisotopic (exact) mass is 240 g/mol. The lowest BCUT2D eigenvalue weighted by Gasteiger charge is -1.90. The van der Waals surface area contributed by atoms with Crippen molar-refractivity contribution in [2.75, 3.05) is 0 Å². The molecule has 2 heterocycles. The summed E-state index contributed by atoms with van der Waals surface area (Å²) in [5, 5.41) is 11.4. The first kappa shape index (κ1) is 10.3. The summed E-state index contributed by atoms with van der Waals surface area (Å²) in [6, 6.07) is 0. The zero-order valence-electron chi connectivity index (χ0n) is 7.93. The van der Waals surface area contributed by atoms with Crippen LogP contribution in [0.5, 0.6) is 0 Å². The maximum Gasteiger partial charge on any atom is 0.309 e. The Kier molecular flexibility index (Phi) is 2.79. The van der Waals surface area contributed by atoms with Crippen LogP contribution in [0, 0.1) is 6.92 Å². The van der Waals surface area contributed by atoms with Crippen LogP contribution in [0.1, 0.15) is 10.6 Å². The fraction of sp³-hybridized carbons (Fsp3) is 0.222. The molecule has 0 unspecified atom stereocenters. The van der Waals surface area contributed by atoms with Gasteiger partial charge >= 0.3 is 5.97 Å². The molecule has 2 aromatic heterocycles. The number of nitrogens with zero attached hydrogens (tertiary/aromatic N) is 2. The molecule has 0 saturated carbocycles. The normalized spacial score (nSPS) is 10.5. The molecule has 4 nitrogen and oxygen atoms in total. The van der Waals surface area contributed by atoms with Crippen LogP contribution in [-0.4, -0.2) is 21.0 Å². The van der Waals surface area contributed by atoms with E-state index in [1.54, 1.807) is 5.51 Å². The Hall–Kier alpha value is -1.27. The highest BCUT2D eigenvalue weighted by Crippen LogP contribution is 2.27. The van der Waals surface area contributed by atoms with Crippen molar-refractivity contribution in [2.45, 2.75) is 13.3 Å². The Morgan fingerprint density at radius 3 is 3.00 bits per heavy atom. The number of carboxylic acids is 1. The Bertz CT molecular complexity index is 476. The third-order valence-corrected chi connectivity index (χ3v) is 3.48. The summed E-state index contributed by atoms with van der Waals surface area (Å²) in [6.07, 6.45) is -0.0214. The van der Waals surface area contributed by atoms with Gasteiger partial charge in [-0.3, -0.25) is 4.79 Å². The number of aliphatic carboxylic acids is 1. The molecule has 0 aliphatic heterocycles. The van der Waals surface area contributed by atoms with Gasteiger partial charge in [-0.2, -0.15) is 0 Å². The number of carboxylic acid groups (broad SMARTS) is 1. The van der Waals surface area contributed by atoms with Crippen molar-refractivity contribution < 1.29 is 9.90 Å². The summed E-state index contributed by atoms with van der Waals surface area (Å²) in [4.78, 5) is 19.9. The van der Waals surface area contributed by atoms with Crippen LogP contribution in [0.4, 0.5) is 0 Å². The van der Waals surface area contributed by atoms with Crippen LogP contribution in [0.3, 0.4) is 0 Å². The molecule has 0 fully saturated rings. The smallest absolute Gasteiger partial charge is 0.309 e. The van der Waals surface area contributed by atoms with Crippen molar-refractivity contribution in [1.29, 1.82) is 0 Å². The largest absolute Gasteiger partial charge is 0.481 e. The average Bonchev–Trinajstić information content (AvgIpc) is 2.75. The van der Waals surface area contributed by atoms with E-state index in [1.165, 1.54) is 22.7 Å². The number of carbonyl (C=O) groups is 1. The molecule has 2 aromatic rings. The van der Waals surface area contributed by atoms with Crippen molar-refractivity contribution in [3.63, 3.8) is 0 Å². The third-order valence-electron chi connectivity index (χ3n) is 1.86. The third kappa shape index (κ3) is 2.21. The molecule has 6 heteroatoms. The zero-order valence-corrected chi connectivity index (χ0v) is 9.56. The minimum Gasteiger partial charge on any atom is -0.481 e. The summed E-state index contributed by atoms with van der Waals surface area (Å²) >= 11 is 2.99. The Balaban J connectivity index is 2.33.